The van der Waals surface area contributed by atoms with E-state index >= 15 is 0 Å². The fraction of sp³-hybridized carbons (Fsp3) is 1.00. The van der Waals surface area contributed by atoms with Gasteiger partial charge in [0.15, 0.2) is 0 Å². The van der Waals surface area contributed by atoms with Gasteiger partial charge in [-0.15, -0.1) is 0 Å². The van der Waals surface area contributed by atoms with Crippen molar-refractivity contribution in [2.75, 3.05) is 6.54 Å². The molecule has 0 bridgehead atoms. The molecule has 0 atom stereocenters. The molecule has 13 heavy (non-hydrogen) atoms. The second-order valence-electron chi connectivity index (χ2n) is 4.00. The molecule has 1 nitrogen and oxygen atoms in total. The highest BCUT2D eigenvalue weighted by molar-refractivity contribution is 4.53. The van der Waals surface area contributed by atoms with Crippen LogP contribution in [0.2, 0.25) is 0 Å². The molecule has 0 rings (SSSR count). The molecule has 0 unspecified atom stereocenters. The Morgan fingerprint density at radius 3 is 1.85 bits per heavy atom. The lowest BCUT2D eigenvalue weighted by atomic mass is 10.1. The van der Waals surface area contributed by atoms with E-state index in [9.17, 15) is 0 Å². The molecule has 0 fully saturated rings. The van der Waals surface area contributed by atoms with Crippen LogP contribution in [0.1, 0.15) is 60.8 Å². The van der Waals surface area contributed by atoms with E-state index in [1.165, 1.54) is 25.8 Å². The number of hydrogen-bond acceptors (Lipinski definition) is 1. The summed E-state index contributed by atoms with van der Waals surface area (Å²) >= 11 is 0. The topological polar surface area (TPSA) is 12.0 Å². The van der Waals surface area contributed by atoms with Crippen molar-refractivity contribution in [1.82, 2.24) is 5.32 Å². The largest absolute Gasteiger partial charge is 0.315 e. The van der Waals surface area contributed by atoms with Crippen LogP contribution in [-0.2, 0) is 0 Å². The summed E-state index contributed by atoms with van der Waals surface area (Å²) < 4.78 is 0. The average molecular weight is 187 g/mol. The van der Waals surface area contributed by atoms with Crippen LogP contribution in [-0.4, -0.2) is 12.6 Å². The number of hydrogen-bond donors (Lipinski definition) is 1. The first-order valence-corrected chi connectivity index (χ1v) is 5.86. The Morgan fingerprint density at radius 1 is 0.923 bits per heavy atom. The summed E-state index contributed by atoms with van der Waals surface area (Å²) in [5.74, 6) is 0.869. The Bertz CT molecular complexity index is 67.2. The zero-order valence-corrected chi connectivity index (χ0v) is 10.5. The summed E-state index contributed by atoms with van der Waals surface area (Å²) in [7, 11) is 0. The fourth-order valence-corrected chi connectivity index (χ4v) is 1.07. The van der Waals surface area contributed by atoms with Crippen molar-refractivity contribution in [1.29, 1.82) is 0 Å². The maximum absolute atomic E-state index is 3.42. The molecule has 0 radical (unpaired) electrons. The normalized spacial score (nSPS) is 10.2. The van der Waals surface area contributed by atoms with Crippen LogP contribution in [0.3, 0.4) is 0 Å². The molecule has 0 heterocycles. The Balaban J connectivity index is 0. The van der Waals surface area contributed by atoms with Gasteiger partial charge in [-0.3, -0.25) is 0 Å². The molecular formula is C12H29N. The van der Waals surface area contributed by atoms with Crippen LogP contribution in [0.5, 0.6) is 0 Å². The van der Waals surface area contributed by atoms with Gasteiger partial charge in [0.25, 0.3) is 0 Å². The van der Waals surface area contributed by atoms with Gasteiger partial charge in [-0.2, -0.15) is 0 Å². The number of rotatable bonds is 6. The molecule has 0 aliphatic rings. The standard InChI is InChI=1S/C10H23N.C2H6/c1-9(2)7-5-6-8-11-10(3)4;1-2/h9-11H,5-8H2,1-4H3;1-2H3. The number of nitrogens with one attached hydrogen (secondary N) is 1. The first-order valence-electron chi connectivity index (χ1n) is 5.86. The van der Waals surface area contributed by atoms with Gasteiger partial charge >= 0.3 is 0 Å². The van der Waals surface area contributed by atoms with Crippen LogP contribution in [0.25, 0.3) is 0 Å². The van der Waals surface area contributed by atoms with E-state index in [4.69, 9.17) is 0 Å². The van der Waals surface area contributed by atoms with E-state index in [-0.39, 0.29) is 0 Å². The van der Waals surface area contributed by atoms with Crippen molar-refractivity contribution in [3.63, 3.8) is 0 Å². The van der Waals surface area contributed by atoms with Crippen LogP contribution >= 0.6 is 0 Å². The molecule has 0 saturated heterocycles. The summed E-state index contributed by atoms with van der Waals surface area (Å²) in [6.45, 7) is 14.2. The van der Waals surface area contributed by atoms with Crippen molar-refractivity contribution in [2.24, 2.45) is 5.92 Å². The summed E-state index contributed by atoms with van der Waals surface area (Å²) in [6, 6.07) is 0.647. The smallest absolute Gasteiger partial charge is 0.00103 e. The predicted molar refractivity (Wildman–Crippen MR) is 63.2 cm³/mol. The Morgan fingerprint density at radius 2 is 1.46 bits per heavy atom. The molecule has 0 spiro atoms. The van der Waals surface area contributed by atoms with Gasteiger partial charge in [0, 0.05) is 6.04 Å². The maximum Gasteiger partial charge on any atom is 0.00103 e. The van der Waals surface area contributed by atoms with Gasteiger partial charge in [0.2, 0.25) is 0 Å². The monoisotopic (exact) mass is 187 g/mol. The van der Waals surface area contributed by atoms with Gasteiger partial charge in [-0.1, -0.05) is 54.4 Å². The third-order valence-electron chi connectivity index (χ3n) is 1.76. The molecule has 0 amide bonds. The highest BCUT2D eigenvalue weighted by Crippen LogP contribution is 2.04. The Kier molecular flexibility index (Phi) is 14.2. The highest BCUT2D eigenvalue weighted by Gasteiger charge is 1.94. The quantitative estimate of drug-likeness (QED) is 0.623. The van der Waals surface area contributed by atoms with Gasteiger partial charge in [-0.05, 0) is 18.9 Å². The molecule has 82 valence electrons. The number of unbranched alkanes of at least 4 members (excludes halogenated alkanes) is 1. The summed E-state index contributed by atoms with van der Waals surface area (Å²) in [4.78, 5) is 0. The molecule has 0 aromatic carbocycles. The second-order valence-corrected chi connectivity index (χ2v) is 4.00. The van der Waals surface area contributed by atoms with E-state index in [1.54, 1.807) is 0 Å². The predicted octanol–water partition coefficient (Wildman–Crippen LogP) is 3.84. The van der Waals surface area contributed by atoms with Gasteiger partial charge in [-0.25, -0.2) is 0 Å². The van der Waals surface area contributed by atoms with E-state index in [1.807, 2.05) is 13.8 Å². The second kappa shape index (κ2) is 12.0. The fourth-order valence-electron chi connectivity index (χ4n) is 1.07. The van der Waals surface area contributed by atoms with Gasteiger partial charge in [0.05, 0.1) is 0 Å². The van der Waals surface area contributed by atoms with Crippen LogP contribution in [0, 0.1) is 5.92 Å². The molecule has 1 heteroatoms. The van der Waals surface area contributed by atoms with Gasteiger partial charge in [0.1, 0.15) is 0 Å². The highest BCUT2D eigenvalue weighted by atomic mass is 14.9. The van der Waals surface area contributed by atoms with E-state index < -0.39 is 0 Å². The summed E-state index contributed by atoms with van der Waals surface area (Å²) in [5, 5.41) is 3.42. The van der Waals surface area contributed by atoms with Crippen molar-refractivity contribution < 1.29 is 0 Å². The summed E-state index contributed by atoms with van der Waals surface area (Å²) in [5.41, 5.74) is 0. The molecular weight excluding hydrogens is 158 g/mol. The third-order valence-corrected chi connectivity index (χ3v) is 1.76. The SMILES string of the molecule is CC.CC(C)CCCCNC(C)C. The van der Waals surface area contributed by atoms with Crippen LogP contribution in [0.15, 0.2) is 0 Å². The molecule has 0 aliphatic heterocycles. The first kappa shape index (κ1) is 15.4. The maximum atomic E-state index is 3.42. The van der Waals surface area contributed by atoms with E-state index in [2.05, 4.69) is 33.0 Å². The minimum atomic E-state index is 0.647. The zero-order valence-electron chi connectivity index (χ0n) is 10.5. The molecule has 0 aromatic rings. The van der Waals surface area contributed by atoms with Crippen molar-refractivity contribution in [2.45, 2.75) is 66.8 Å². The van der Waals surface area contributed by atoms with E-state index in [0.29, 0.717) is 6.04 Å². The average Bonchev–Trinajstić information content (AvgIpc) is 2.06. The minimum Gasteiger partial charge on any atom is -0.315 e. The lowest BCUT2D eigenvalue weighted by Gasteiger charge is -2.08. The van der Waals surface area contributed by atoms with E-state index in [0.717, 1.165) is 5.92 Å². The zero-order chi connectivity index (χ0) is 10.7. The lowest BCUT2D eigenvalue weighted by molar-refractivity contribution is 0.503. The first-order chi connectivity index (χ1) is 6.13. The molecule has 0 aliphatic carbocycles. The van der Waals surface area contributed by atoms with Crippen molar-refractivity contribution >= 4 is 0 Å². The lowest BCUT2D eigenvalue weighted by Crippen LogP contribution is -2.23. The third kappa shape index (κ3) is 18.7. The molecule has 1 N–H and O–H groups in total. The van der Waals surface area contributed by atoms with Crippen LogP contribution in [0.4, 0.5) is 0 Å². The van der Waals surface area contributed by atoms with Crippen LogP contribution < -0.4 is 5.32 Å². The minimum absolute atomic E-state index is 0.647. The van der Waals surface area contributed by atoms with Crippen molar-refractivity contribution in [3.8, 4) is 0 Å². The van der Waals surface area contributed by atoms with Gasteiger partial charge < -0.3 is 5.32 Å². The summed E-state index contributed by atoms with van der Waals surface area (Å²) in [6.07, 6.45) is 4.08. The van der Waals surface area contributed by atoms with Crippen molar-refractivity contribution in [3.05, 3.63) is 0 Å². The Labute approximate surface area is 85.3 Å². The Hall–Kier alpha value is -0.0400. The molecule has 0 aromatic heterocycles. The molecule has 0 saturated carbocycles.